The molecule has 0 saturated carbocycles. The molecular formula is C34H38N2O5S. The van der Waals surface area contributed by atoms with Gasteiger partial charge in [-0.2, -0.15) is 0 Å². The van der Waals surface area contributed by atoms with Crippen molar-refractivity contribution in [2.24, 2.45) is 0 Å². The number of aliphatic hydroxyl groups is 1. The number of fused-ring (bicyclic) bond motifs is 1. The van der Waals surface area contributed by atoms with Crippen LogP contribution in [0.25, 0.3) is 20.5 Å². The predicted octanol–water partition coefficient (Wildman–Crippen LogP) is 5.94. The number of aliphatic hydroxyl groups excluding tert-OH is 1. The molecule has 4 aromatic rings. The van der Waals surface area contributed by atoms with Gasteiger partial charge in [-0.3, -0.25) is 14.6 Å². The lowest BCUT2D eigenvalue weighted by Gasteiger charge is -2.22. The smallest absolute Gasteiger partial charge is 0.195 e. The zero-order chi connectivity index (χ0) is 29.1. The van der Waals surface area contributed by atoms with Crippen LogP contribution in [0.5, 0.6) is 17.2 Å². The van der Waals surface area contributed by atoms with Crippen LogP contribution in [-0.4, -0.2) is 78.3 Å². The number of hydrogen-bond donors (Lipinski definition) is 2. The molecule has 0 aliphatic carbocycles. The summed E-state index contributed by atoms with van der Waals surface area (Å²) < 4.78 is 12.6. The van der Waals surface area contributed by atoms with Crippen molar-refractivity contribution in [2.45, 2.75) is 38.3 Å². The summed E-state index contributed by atoms with van der Waals surface area (Å²) in [4.78, 5) is 19.7. The highest BCUT2D eigenvalue weighted by atomic mass is 32.1. The minimum atomic E-state index is -0.0719. The molecule has 2 saturated heterocycles. The van der Waals surface area contributed by atoms with E-state index in [4.69, 9.17) is 9.47 Å². The topological polar surface area (TPSA) is 82.5 Å². The van der Waals surface area contributed by atoms with Gasteiger partial charge in [-0.05, 0) is 99.4 Å². The number of phenols is 1. The highest BCUT2D eigenvalue weighted by molar-refractivity contribution is 7.22. The van der Waals surface area contributed by atoms with Crippen LogP contribution in [0.3, 0.4) is 0 Å². The maximum absolute atomic E-state index is 14.1. The molecule has 220 valence electrons. The largest absolute Gasteiger partial charge is 0.508 e. The predicted molar refractivity (Wildman–Crippen MR) is 167 cm³/mol. The molecule has 3 aromatic carbocycles. The molecule has 0 amide bonds. The third-order valence-corrected chi connectivity index (χ3v) is 9.72. The first-order chi connectivity index (χ1) is 20.5. The van der Waals surface area contributed by atoms with E-state index >= 15 is 0 Å². The summed E-state index contributed by atoms with van der Waals surface area (Å²) in [5, 5.41) is 20.5. The summed E-state index contributed by atoms with van der Waals surface area (Å²) >= 11 is 1.50. The van der Waals surface area contributed by atoms with Crippen molar-refractivity contribution in [2.75, 3.05) is 46.5 Å². The van der Waals surface area contributed by atoms with Gasteiger partial charge in [-0.25, -0.2) is 0 Å². The van der Waals surface area contributed by atoms with E-state index in [1.807, 2.05) is 48.5 Å². The number of ketones is 1. The number of aromatic hydroxyl groups is 1. The van der Waals surface area contributed by atoms with E-state index < -0.39 is 0 Å². The molecule has 0 radical (unpaired) electrons. The molecule has 3 heterocycles. The number of hydrogen-bond acceptors (Lipinski definition) is 8. The van der Waals surface area contributed by atoms with Gasteiger partial charge >= 0.3 is 0 Å². The van der Waals surface area contributed by atoms with Gasteiger partial charge in [0.15, 0.2) is 5.78 Å². The van der Waals surface area contributed by atoms with E-state index in [9.17, 15) is 15.0 Å². The summed E-state index contributed by atoms with van der Waals surface area (Å²) in [7, 11) is 1.66. The Morgan fingerprint density at radius 3 is 2.57 bits per heavy atom. The van der Waals surface area contributed by atoms with Crippen LogP contribution in [0.4, 0.5) is 0 Å². The van der Waals surface area contributed by atoms with E-state index in [0.717, 1.165) is 83.2 Å². The third-order valence-electron chi connectivity index (χ3n) is 8.52. The molecule has 2 aliphatic rings. The van der Waals surface area contributed by atoms with Crippen molar-refractivity contribution < 1.29 is 24.5 Å². The van der Waals surface area contributed by atoms with E-state index in [1.165, 1.54) is 24.2 Å². The van der Waals surface area contributed by atoms with Crippen LogP contribution in [0, 0.1) is 0 Å². The number of methoxy groups -OCH3 is 1. The SMILES string of the molecule is COc1cc(C(=O)c2c(-c3ccc(OCCN4CCCC4CO)cc3)sc3cc(O)ccc23)ccc1CN1CCCC1. The number of carbonyl (C=O) groups is 1. The first kappa shape index (κ1) is 28.7. The average Bonchev–Trinajstić information content (AvgIpc) is 3.77. The van der Waals surface area contributed by atoms with Gasteiger partial charge in [-0.15, -0.1) is 11.3 Å². The second-order valence-electron chi connectivity index (χ2n) is 11.2. The standard InChI is InChI=1S/C34H38N2O5S/c1-40-30-19-24(6-7-25(30)21-35-14-2-3-15-35)33(39)32-29-13-10-27(38)20-31(29)42-34(32)23-8-11-28(12-9-23)41-18-17-36-16-4-5-26(36)22-37/h6-13,19-20,26,37-38H,2-5,14-18,21-22H2,1H3. The number of nitrogens with zero attached hydrogens (tertiary/aromatic N) is 2. The quantitative estimate of drug-likeness (QED) is 0.210. The fourth-order valence-electron chi connectivity index (χ4n) is 6.24. The van der Waals surface area contributed by atoms with Gasteiger partial charge in [-0.1, -0.05) is 12.1 Å². The van der Waals surface area contributed by atoms with E-state index in [-0.39, 0.29) is 24.2 Å². The van der Waals surface area contributed by atoms with Gasteiger partial charge < -0.3 is 19.7 Å². The molecule has 42 heavy (non-hydrogen) atoms. The molecular weight excluding hydrogens is 548 g/mol. The van der Waals surface area contributed by atoms with Crippen LogP contribution in [-0.2, 0) is 6.54 Å². The van der Waals surface area contributed by atoms with Crippen LogP contribution in [0.1, 0.15) is 47.2 Å². The molecule has 7 nitrogen and oxygen atoms in total. The molecule has 2 N–H and O–H groups in total. The number of thiophene rings is 1. The number of ether oxygens (including phenoxy) is 2. The Hall–Kier alpha value is -3.43. The fourth-order valence-corrected chi connectivity index (χ4v) is 7.47. The van der Waals surface area contributed by atoms with Crippen molar-refractivity contribution in [3.05, 3.63) is 77.4 Å². The van der Waals surface area contributed by atoms with E-state index in [0.29, 0.717) is 17.7 Å². The zero-order valence-electron chi connectivity index (χ0n) is 24.1. The number of benzene rings is 3. The highest BCUT2D eigenvalue weighted by Gasteiger charge is 2.25. The lowest BCUT2D eigenvalue weighted by molar-refractivity contribution is 0.104. The summed E-state index contributed by atoms with van der Waals surface area (Å²) in [5.41, 5.74) is 3.21. The second-order valence-corrected chi connectivity index (χ2v) is 12.3. The van der Waals surface area contributed by atoms with Crippen molar-refractivity contribution >= 4 is 27.2 Å². The van der Waals surface area contributed by atoms with Crippen LogP contribution >= 0.6 is 11.3 Å². The van der Waals surface area contributed by atoms with Crippen LogP contribution in [0.15, 0.2) is 60.7 Å². The lowest BCUT2D eigenvalue weighted by Crippen LogP contribution is -2.35. The molecule has 1 atom stereocenters. The highest BCUT2D eigenvalue weighted by Crippen LogP contribution is 2.42. The van der Waals surface area contributed by atoms with Crippen LogP contribution in [0.2, 0.25) is 0 Å². The number of rotatable bonds is 11. The third kappa shape index (κ3) is 6.03. The lowest BCUT2D eigenvalue weighted by atomic mass is 9.96. The number of carbonyl (C=O) groups excluding carboxylic acids is 1. The van der Waals surface area contributed by atoms with Gasteiger partial charge in [0.2, 0.25) is 0 Å². The maximum Gasteiger partial charge on any atom is 0.195 e. The minimum absolute atomic E-state index is 0.0719. The van der Waals surface area contributed by atoms with Crippen molar-refractivity contribution in [1.29, 1.82) is 0 Å². The Labute approximate surface area is 250 Å². The first-order valence-electron chi connectivity index (χ1n) is 14.8. The summed E-state index contributed by atoms with van der Waals surface area (Å²) in [6.07, 6.45) is 4.59. The van der Waals surface area contributed by atoms with Crippen LogP contribution < -0.4 is 9.47 Å². The van der Waals surface area contributed by atoms with Gasteiger partial charge in [0, 0.05) is 50.8 Å². The van der Waals surface area contributed by atoms with E-state index in [1.54, 1.807) is 19.2 Å². The Morgan fingerprint density at radius 2 is 1.81 bits per heavy atom. The Morgan fingerprint density at radius 1 is 1.00 bits per heavy atom. The monoisotopic (exact) mass is 586 g/mol. The summed E-state index contributed by atoms with van der Waals surface area (Å²) in [6, 6.07) is 19.1. The summed E-state index contributed by atoms with van der Waals surface area (Å²) in [5.74, 6) is 1.60. The maximum atomic E-state index is 14.1. The average molecular weight is 587 g/mol. The fraction of sp³-hybridized carbons (Fsp3) is 0.382. The van der Waals surface area contributed by atoms with Gasteiger partial charge in [0.1, 0.15) is 23.9 Å². The first-order valence-corrected chi connectivity index (χ1v) is 15.6. The number of phenolic OH excluding ortho intramolecular Hbond substituents is 1. The normalized spacial score (nSPS) is 17.7. The van der Waals surface area contributed by atoms with Crippen molar-refractivity contribution in [1.82, 2.24) is 9.80 Å². The van der Waals surface area contributed by atoms with Gasteiger partial charge in [0.05, 0.1) is 13.7 Å². The van der Waals surface area contributed by atoms with Crippen molar-refractivity contribution in [3.63, 3.8) is 0 Å². The van der Waals surface area contributed by atoms with Gasteiger partial charge in [0.25, 0.3) is 0 Å². The molecule has 0 bridgehead atoms. The zero-order valence-corrected chi connectivity index (χ0v) is 24.9. The summed E-state index contributed by atoms with van der Waals surface area (Å²) in [6.45, 7) is 5.53. The Balaban J connectivity index is 1.26. The molecule has 8 heteroatoms. The molecule has 2 fully saturated rings. The van der Waals surface area contributed by atoms with Crippen molar-refractivity contribution in [3.8, 4) is 27.7 Å². The molecule has 6 rings (SSSR count). The second kappa shape index (κ2) is 12.8. The minimum Gasteiger partial charge on any atom is -0.508 e. The molecule has 1 aromatic heterocycles. The molecule has 0 spiro atoms. The number of likely N-dealkylation sites (tertiary alicyclic amines) is 2. The molecule has 1 unspecified atom stereocenters. The Bertz CT molecular complexity index is 1540. The van der Waals surface area contributed by atoms with E-state index in [2.05, 4.69) is 9.80 Å². The molecule has 2 aliphatic heterocycles. The Kier molecular flexibility index (Phi) is 8.76.